The number of carbonyl (C=O) groups is 1. The lowest BCUT2D eigenvalue weighted by atomic mass is 10.1. The number of benzene rings is 2. The van der Waals surface area contributed by atoms with Crippen LogP contribution in [0.15, 0.2) is 66.3 Å². The molecule has 4 aromatic rings. The van der Waals surface area contributed by atoms with Crippen molar-refractivity contribution in [1.29, 1.82) is 0 Å². The van der Waals surface area contributed by atoms with Crippen LogP contribution in [-0.2, 0) is 6.54 Å². The Labute approximate surface area is 166 Å². The Balaban J connectivity index is 1.60. The number of thioether (sulfide) groups is 1. The SMILES string of the molecule is C=CCn1c2ccccc2c2nnc(SCC(=O)c3ccc(OC)cc3)nc21. The van der Waals surface area contributed by atoms with Gasteiger partial charge < -0.3 is 9.30 Å². The van der Waals surface area contributed by atoms with Crippen LogP contribution in [0.5, 0.6) is 5.75 Å². The Hall–Kier alpha value is -3.19. The number of allylic oxidation sites excluding steroid dienone is 1. The molecule has 0 aliphatic carbocycles. The van der Waals surface area contributed by atoms with Gasteiger partial charge >= 0.3 is 0 Å². The van der Waals surface area contributed by atoms with E-state index < -0.39 is 0 Å². The van der Waals surface area contributed by atoms with Gasteiger partial charge in [0.2, 0.25) is 5.16 Å². The van der Waals surface area contributed by atoms with Crippen LogP contribution in [0.1, 0.15) is 10.4 Å². The Kier molecular flexibility index (Phi) is 5.08. The van der Waals surface area contributed by atoms with Crippen molar-refractivity contribution in [2.75, 3.05) is 12.9 Å². The van der Waals surface area contributed by atoms with Crippen LogP contribution < -0.4 is 4.74 Å². The molecular formula is C21H18N4O2S. The molecule has 0 saturated heterocycles. The number of carbonyl (C=O) groups excluding carboxylic acids is 1. The van der Waals surface area contributed by atoms with Crippen molar-refractivity contribution in [3.05, 3.63) is 66.7 Å². The highest BCUT2D eigenvalue weighted by atomic mass is 32.2. The highest BCUT2D eigenvalue weighted by Crippen LogP contribution is 2.27. The van der Waals surface area contributed by atoms with Gasteiger partial charge in [0.25, 0.3) is 0 Å². The van der Waals surface area contributed by atoms with Crippen molar-refractivity contribution < 1.29 is 9.53 Å². The standard InChI is InChI=1S/C21H18N4O2S/c1-3-12-25-17-7-5-4-6-16(17)19-20(25)22-21(24-23-19)28-13-18(26)14-8-10-15(27-2)11-9-14/h3-11H,1,12-13H2,2H3. The van der Waals surface area contributed by atoms with E-state index in [1.807, 2.05) is 30.3 Å². The minimum atomic E-state index is 0.00276. The predicted molar refractivity (Wildman–Crippen MR) is 111 cm³/mol. The van der Waals surface area contributed by atoms with Gasteiger partial charge in [-0.15, -0.1) is 16.8 Å². The fourth-order valence-electron chi connectivity index (χ4n) is 3.05. The van der Waals surface area contributed by atoms with Crippen molar-refractivity contribution in [1.82, 2.24) is 19.7 Å². The minimum Gasteiger partial charge on any atom is -0.497 e. The summed E-state index contributed by atoms with van der Waals surface area (Å²) in [5.41, 5.74) is 3.16. The number of rotatable bonds is 7. The van der Waals surface area contributed by atoms with Gasteiger partial charge in [-0.05, 0) is 30.3 Å². The van der Waals surface area contributed by atoms with Crippen molar-refractivity contribution in [2.24, 2.45) is 0 Å². The molecule has 2 heterocycles. The van der Waals surface area contributed by atoms with Gasteiger partial charge in [-0.3, -0.25) is 4.79 Å². The molecule has 140 valence electrons. The summed E-state index contributed by atoms with van der Waals surface area (Å²) in [5, 5.41) is 10.1. The van der Waals surface area contributed by atoms with Crippen LogP contribution in [0.2, 0.25) is 0 Å². The van der Waals surface area contributed by atoms with Crippen LogP contribution in [-0.4, -0.2) is 38.4 Å². The Morgan fingerprint density at radius 2 is 1.96 bits per heavy atom. The fourth-order valence-corrected chi connectivity index (χ4v) is 3.73. The Morgan fingerprint density at radius 1 is 1.18 bits per heavy atom. The van der Waals surface area contributed by atoms with Crippen LogP contribution in [0.25, 0.3) is 22.1 Å². The summed E-state index contributed by atoms with van der Waals surface area (Å²) >= 11 is 1.28. The lowest BCUT2D eigenvalue weighted by molar-refractivity contribution is 0.102. The second kappa shape index (κ2) is 7.82. The molecule has 0 spiro atoms. The molecule has 0 unspecified atom stereocenters. The molecule has 6 nitrogen and oxygen atoms in total. The van der Waals surface area contributed by atoms with Crippen LogP contribution >= 0.6 is 11.8 Å². The van der Waals surface area contributed by atoms with Gasteiger partial charge in [-0.1, -0.05) is 36.0 Å². The smallest absolute Gasteiger partial charge is 0.211 e. The van der Waals surface area contributed by atoms with E-state index in [4.69, 9.17) is 4.74 Å². The third-order valence-electron chi connectivity index (χ3n) is 4.41. The zero-order valence-corrected chi connectivity index (χ0v) is 16.1. The molecule has 4 rings (SSSR count). The summed E-state index contributed by atoms with van der Waals surface area (Å²) in [6.45, 7) is 4.46. The molecule has 28 heavy (non-hydrogen) atoms. The van der Waals surface area contributed by atoms with Crippen LogP contribution in [0.3, 0.4) is 0 Å². The molecule has 0 aliphatic rings. The number of Topliss-reactive ketones (excluding diaryl/α,β-unsaturated/α-hetero) is 1. The first-order valence-electron chi connectivity index (χ1n) is 8.74. The first kappa shape index (κ1) is 18.2. The van der Waals surface area contributed by atoms with Crippen molar-refractivity contribution in [2.45, 2.75) is 11.7 Å². The maximum atomic E-state index is 12.4. The normalized spacial score (nSPS) is 11.0. The van der Waals surface area contributed by atoms with E-state index in [1.165, 1.54) is 11.8 Å². The van der Waals surface area contributed by atoms with E-state index in [9.17, 15) is 4.79 Å². The molecule has 0 saturated carbocycles. The van der Waals surface area contributed by atoms with Gasteiger partial charge in [0, 0.05) is 17.5 Å². The van der Waals surface area contributed by atoms with E-state index in [2.05, 4.69) is 26.3 Å². The molecule has 0 fully saturated rings. The Morgan fingerprint density at radius 3 is 2.71 bits per heavy atom. The van der Waals surface area contributed by atoms with Crippen molar-refractivity contribution in [3.63, 3.8) is 0 Å². The molecule has 0 radical (unpaired) electrons. The van der Waals surface area contributed by atoms with E-state index in [0.29, 0.717) is 17.3 Å². The zero-order chi connectivity index (χ0) is 19.5. The molecule has 0 N–H and O–H groups in total. The monoisotopic (exact) mass is 390 g/mol. The molecule has 0 bridgehead atoms. The quantitative estimate of drug-likeness (QED) is 0.268. The lowest BCUT2D eigenvalue weighted by Gasteiger charge is -2.04. The topological polar surface area (TPSA) is 69.9 Å². The molecule has 0 amide bonds. The van der Waals surface area contributed by atoms with Crippen molar-refractivity contribution in [3.8, 4) is 5.75 Å². The average molecular weight is 390 g/mol. The molecular weight excluding hydrogens is 372 g/mol. The first-order chi connectivity index (χ1) is 13.7. The van der Waals surface area contributed by atoms with Crippen molar-refractivity contribution >= 4 is 39.6 Å². The van der Waals surface area contributed by atoms with E-state index in [-0.39, 0.29) is 11.5 Å². The molecule has 0 aliphatic heterocycles. The number of hydrogen-bond acceptors (Lipinski definition) is 6. The predicted octanol–water partition coefficient (Wildman–Crippen LogP) is 4.15. The third kappa shape index (κ3) is 3.36. The molecule has 0 atom stereocenters. The van der Waals surface area contributed by atoms with Crippen LogP contribution in [0, 0.1) is 0 Å². The number of ether oxygens (including phenoxy) is 1. The number of nitrogens with zero attached hydrogens (tertiary/aromatic N) is 4. The number of fused-ring (bicyclic) bond motifs is 3. The van der Waals surface area contributed by atoms with Gasteiger partial charge in [0.15, 0.2) is 11.4 Å². The van der Waals surface area contributed by atoms with Crippen LogP contribution in [0.4, 0.5) is 0 Å². The lowest BCUT2D eigenvalue weighted by Crippen LogP contribution is -2.04. The largest absolute Gasteiger partial charge is 0.497 e. The number of para-hydroxylation sites is 1. The number of hydrogen-bond donors (Lipinski definition) is 0. The second-order valence-corrected chi connectivity index (χ2v) is 7.07. The number of methoxy groups -OCH3 is 1. The fraction of sp³-hybridized carbons (Fsp3) is 0.143. The van der Waals surface area contributed by atoms with E-state index in [1.54, 1.807) is 31.4 Å². The van der Waals surface area contributed by atoms with Gasteiger partial charge in [0.05, 0.1) is 18.4 Å². The average Bonchev–Trinajstić information content (AvgIpc) is 3.06. The van der Waals surface area contributed by atoms with E-state index >= 15 is 0 Å². The summed E-state index contributed by atoms with van der Waals surface area (Å²) in [7, 11) is 1.60. The number of aromatic nitrogens is 4. The first-order valence-corrected chi connectivity index (χ1v) is 9.72. The zero-order valence-electron chi connectivity index (χ0n) is 15.3. The summed E-state index contributed by atoms with van der Waals surface area (Å²) < 4.78 is 7.18. The molecule has 2 aromatic carbocycles. The highest BCUT2D eigenvalue weighted by Gasteiger charge is 2.15. The molecule has 2 aromatic heterocycles. The minimum absolute atomic E-state index is 0.00276. The Bertz CT molecular complexity index is 1170. The molecule has 7 heteroatoms. The van der Waals surface area contributed by atoms with Gasteiger partial charge in [-0.25, -0.2) is 4.98 Å². The maximum absolute atomic E-state index is 12.4. The highest BCUT2D eigenvalue weighted by molar-refractivity contribution is 7.99. The summed E-state index contributed by atoms with van der Waals surface area (Å²) in [6.07, 6.45) is 1.83. The van der Waals surface area contributed by atoms with Gasteiger partial charge in [0.1, 0.15) is 11.3 Å². The summed E-state index contributed by atoms with van der Waals surface area (Å²) in [6, 6.07) is 15.1. The summed E-state index contributed by atoms with van der Waals surface area (Å²) in [5.74, 6) is 0.960. The van der Waals surface area contributed by atoms with E-state index in [0.717, 1.165) is 27.8 Å². The number of ketones is 1. The second-order valence-electron chi connectivity index (χ2n) is 6.12. The van der Waals surface area contributed by atoms with Gasteiger partial charge in [-0.2, -0.15) is 0 Å². The summed E-state index contributed by atoms with van der Waals surface area (Å²) in [4.78, 5) is 17.1. The third-order valence-corrected chi connectivity index (χ3v) is 5.25. The maximum Gasteiger partial charge on any atom is 0.211 e.